The van der Waals surface area contributed by atoms with Crippen LogP contribution in [0.5, 0.6) is 5.75 Å². The van der Waals surface area contributed by atoms with Crippen molar-refractivity contribution in [1.29, 1.82) is 0 Å². The van der Waals surface area contributed by atoms with Gasteiger partial charge in [-0.3, -0.25) is 4.79 Å². The van der Waals surface area contributed by atoms with E-state index in [2.05, 4.69) is 4.74 Å². The van der Waals surface area contributed by atoms with Crippen LogP contribution >= 0.6 is 0 Å². The van der Waals surface area contributed by atoms with Crippen LogP contribution in [0.1, 0.15) is 10.4 Å². The average molecular weight is 289 g/mol. The smallest absolute Gasteiger partial charge is 0.387 e. The minimum absolute atomic E-state index is 0.0119. The Morgan fingerprint density at radius 3 is 2.45 bits per heavy atom. The quantitative estimate of drug-likeness (QED) is 0.785. The van der Waals surface area contributed by atoms with E-state index < -0.39 is 6.61 Å². The van der Waals surface area contributed by atoms with Gasteiger partial charge in [0.2, 0.25) is 0 Å². The number of halogens is 2. The van der Waals surface area contributed by atoms with Gasteiger partial charge in [0.05, 0.1) is 13.2 Å². The number of aliphatic hydroxyl groups excluding tert-OH is 1. The molecule has 112 valence electrons. The summed E-state index contributed by atoms with van der Waals surface area (Å²) in [5, 5.41) is 8.94. The van der Waals surface area contributed by atoms with Gasteiger partial charge in [0.15, 0.2) is 0 Å². The molecule has 0 aliphatic heterocycles. The Kier molecular flexibility index (Phi) is 6.89. The number of hydrogen-bond donors (Lipinski definition) is 1. The van der Waals surface area contributed by atoms with E-state index in [9.17, 15) is 13.6 Å². The number of amides is 1. The zero-order valence-corrected chi connectivity index (χ0v) is 11.1. The Bertz CT molecular complexity index is 411. The maximum absolute atomic E-state index is 12.1. The Labute approximate surface area is 115 Å². The molecule has 0 fully saturated rings. The minimum atomic E-state index is -2.90. The number of carbonyl (C=O) groups excluding carboxylic acids is 1. The molecule has 0 heterocycles. The first-order valence-electron chi connectivity index (χ1n) is 6.02. The molecule has 0 unspecified atom stereocenters. The van der Waals surface area contributed by atoms with Gasteiger partial charge in [0.1, 0.15) is 5.75 Å². The molecule has 1 aromatic carbocycles. The molecule has 0 aromatic heterocycles. The molecule has 0 aliphatic rings. The zero-order chi connectivity index (χ0) is 15.0. The third kappa shape index (κ3) is 5.10. The number of benzene rings is 1. The van der Waals surface area contributed by atoms with Crippen molar-refractivity contribution in [3.05, 3.63) is 29.8 Å². The van der Waals surface area contributed by atoms with Gasteiger partial charge in [0, 0.05) is 25.8 Å². The summed E-state index contributed by atoms with van der Waals surface area (Å²) < 4.78 is 33.1. The van der Waals surface area contributed by atoms with Crippen LogP contribution in [0.25, 0.3) is 0 Å². The van der Waals surface area contributed by atoms with Crippen molar-refractivity contribution in [1.82, 2.24) is 4.90 Å². The molecule has 0 bridgehead atoms. The van der Waals surface area contributed by atoms with Gasteiger partial charge in [-0.25, -0.2) is 0 Å². The standard InChI is InChI=1S/C13H17F2NO4/c1-19-9-7-16(6-8-17)12(18)10-2-4-11(5-3-10)20-13(14)15/h2-5,13,17H,6-9H2,1H3. The van der Waals surface area contributed by atoms with E-state index in [1.165, 1.54) is 36.3 Å². The Balaban J connectivity index is 2.72. The van der Waals surface area contributed by atoms with Gasteiger partial charge < -0.3 is 19.5 Å². The van der Waals surface area contributed by atoms with Crippen LogP contribution in [0.4, 0.5) is 8.78 Å². The first-order valence-corrected chi connectivity index (χ1v) is 6.02. The SMILES string of the molecule is COCCN(CCO)C(=O)c1ccc(OC(F)F)cc1. The highest BCUT2D eigenvalue weighted by Gasteiger charge is 2.15. The summed E-state index contributed by atoms with van der Waals surface area (Å²) in [5.41, 5.74) is 0.330. The number of ether oxygens (including phenoxy) is 2. The van der Waals surface area contributed by atoms with E-state index in [1.54, 1.807) is 0 Å². The number of carbonyl (C=O) groups is 1. The first-order chi connectivity index (χ1) is 9.58. The minimum Gasteiger partial charge on any atom is -0.435 e. The van der Waals surface area contributed by atoms with Crippen molar-refractivity contribution in [3.8, 4) is 5.75 Å². The predicted octanol–water partition coefficient (Wildman–Crippen LogP) is 1.37. The molecule has 1 N–H and O–H groups in total. The molecule has 0 atom stereocenters. The first kappa shape index (κ1) is 16.3. The molecule has 7 heteroatoms. The van der Waals surface area contributed by atoms with Crippen LogP contribution in [0.3, 0.4) is 0 Å². The van der Waals surface area contributed by atoms with Crippen LogP contribution in [0.15, 0.2) is 24.3 Å². The lowest BCUT2D eigenvalue weighted by Gasteiger charge is -2.21. The van der Waals surface area contributed by atoms with E-state index in [0.29, 0.717) is 18.7 Å². The molecule has 0 radical (unpaired) electrons. The van der Waals surface area contributed by atoms with Gasteiger partial charge in [-0.05, 0) is 24.3 Å². The normalized spacial score (nSPS) is 10.7. The van der Waals surface area contributed by atoms with Crippen molar-refractivity contribution in [3.63, 3.8) is 0 Å². The number of hydrogen-bond acceptors (Lipinski definition) is 4. The molecule has 20 heavy (non-hydrogen) atoms. The van der Waals surface area contributed by atoms with E-state index in [4.69, 9.17) is 9.84 Å². The van der Waals surface area contributed by atoms with Crippen LogP contribution in [0.2, 0.25) is 0 Å². The summed E-state index contributed by atoms with van der Waals surface area (Å²) in [6.07, 6.45) is 0. The number of rotatable bonds is 8. The van der Waals surface area contributed by atoms with Crippen molar-refractivity contribution in [2.24, 2.45) is 0 Å². The molecule has 0 spiro atoms. The number of aliphatic hydroxyl groups is 1. The van der Waals surface area contributed by atoms with Crippen molar-refractivity contribution in [2.75, 3.05) is 33.4 Å². The van der Waals surface area contributed by atoms with E-state index >= 15 is 0 Å². The fraction of sp³-hybridized carbons (Fsp3) is 0.462. The fourth-order valence-corrected chi connectivity index (χ4v) is 1.60. The average Bonchev–Trinajstić information content (AvgIpc) is 2.43. The summed E-state index contributed by atoms with van der Waals surface area (Å²) in [5.74, 6) is -0.318. The second kappa shape index (κ2) is 8.44. The molecule has 1 rings (SSSR count). The molecule has 5 nitrogen and oxygen atoms in total. The number of nitrogens with zero attached hydrogens (tertiary/aromatic N) is 1. The highest BCUT2D eigenvalue weighted by atomic mass is 19.3. The molecule has 1 amide bonds. The summed E-state index contributed by atoms with van der Waals surface area (Å²) in [4.78, 5) is 13.6. The fourth-order valence-electron chi connectivity index (χ4n) is 1.60. The van der Waals surface area contributed by atoms with Crippen LogP contribution in [-0.4, -0.2) is 55.9 Å². The van der Waals surface area contributed by atoms with Crippen LogP contribution in [0, 0.1) is 0 Å². The third-order valence-corrected chi connectivity index (χ3v) is 2.55. The lowest BCUT2D eigenvalue weighted by atomic mass is 10.2. The van der Waals surface area contributed by atoms with Crippen molar-refractivity contribution in [2.45, 2.75) is 6.61 Å². The highest BCUT2D eigenvalue weighted by molar-refractivity contribution is 5.94. The van der Waals surface area contributed by atoms with Gasteiger partial charge in [0.25, 0.3) is 5.91 Å². The van der Waals surface area contributed by atoms with Gasteiger partial charge in [-0.2, -0.15) is 8.78 Å². The molecule has 0 saturated carbocycles. The summed E-state index contributed by atoms with van der Waals surface area (Å²) >= 11 is 0. The summed E-state index contributed by atoms with van der Waals surface area (Å²) in [6.45, 7) is -2.20. The van der Waals surface area contributed by atoms with Gasteiger partial charge in [-0.1, -0.05) is 0 Å². The van der Waals surface area contributed by atoms with Crippen molar-refractivity contribution >= 4 is 5.91 Å². The molecule has 0 aliphatic carbocycles. The molecule has 1 aromatic rings. The second-order valence-electron chi connectivity index (χ2n) is 3.91. The van der Waals surface area contributed by atoms with Crippen LogP contribution < -0.4 is 4.74 Å². The molecular weight excluding hydrogens is 272 g/mol. The number of alkyl halides is 2. The van der Waals surface area contributed by atoms with Crippen LogP contribution in [-0.2, 0) is 4.74 Å². The highest BCUT2D eigenvalue weighted by Crippen LogP contribution is 2.16. The van der Waals surface area contributed by atoms with E-state index in [1.807, 2.05) is 0 Å². The Morgan fingerprint density at radius 2 is 1.95 bits per heavy atom. The second-order valence-corrected chi connectivity index (χ2v) is 3.91. The molecular formula is C13H17F2NO4. The summed E-state index contributed by atoms with van der Waals surface area (Å²) in [6, 6.07) is 5.40. The third-order valence-electron chi connectivity index (χ3n) is 2.55. The maximum Gasteiger partial charge on any atom is 0.387 e. The van der Waals surface area contributed by atoms with Gasteiger partial charge >= 0.3 is 6.61 Å². The maximum atomic E-state index is 12.1. The Morgan fingerprint density at radius 1 is 1.30 bits per heavy atom. The zero-order valence-electron chi connectivity index (χ0n) is 11.1. The molecule has 0 saturated heterocycles. The van der Waals surface area contributed by atoms with Crippen molar-refractivity contribution < 1.29 is 28.2 Å². The predicted molar refractivity (Wildman–Crippen MR) is 67.9 cm³/mol. The Hall–Kier alpha value is -1.73. The lowest BCUT2D eigenvalue weighted by molar-refractivity contribution is -0.0498. The number of methoxy groups -OCH3 is 1. The summed E-state index contributed by atoms with van der Waals surface area (Å²) in [7, 11) is 1.51. The van der Waals surface area contributed by atoms with Gasteiger partial charge in [-0.15, -0.1) is 0 Å². The lowest BCUT2D eigenvalue weighted by Crippen LogP contribution is -2.36. The largest absolute Gasteiger partial charge is 0.435 e. The van der Waals surface area contributed by atoms with E-state index in [-0.39, 0.29) is 24.8 Å². The topological polar surface area (TPSA) is 59.0 Å². The van der Waals surface area contributed by atoms with E-state index in [0.717, 1.165) is 0 Å². The monoisotopic (exact) mass is 289 g/mol.